The standard InChI is InChI=1S/C16H25N3O3/c1-6-22-15-10-13(17)12(16(20)21-5)9-14(15)18-11(2)7-8-19(3)4/h9-10H,6-8,17H2,1-5H3/b18-11+. The van der Waals surface area contributed by atoms with Crippen molar-refractivity contribution in [3.05, 3.63) is 17.7 Å². The number of methoxy groups -OCH3 is 1. The molecule has 0 atom stereocenters. The minimum absolute atomic E-state index is 0.296. The van der Waals surface area contributed by atoms with E-state index in [1.54, 1.807) is 12.1 Å². The molecule has 0 aromatic heterocycles. The number of carbonyl (C=O) groups excluding carboxylic acids is 1. The number of nitrogens with zero attached hydrogens (tertiary/aromatic N) is 2. The van der Waals surface area contributed by atoms with Crippen LogP contribution < -0.4 is 10.5 Å². The van der Waals surface area contributed by atoms with E-state index in [1.807, 2.05) is 27.9 Å². The molecular formula is C16H25N3O3. The van der Waals surface area contributed by atoms with Gasteiger partial charge in [-0.2, -0.15) is 0 Å². The van der Waals surface area contributed by atoms with E-state index in [4.69, 9.17) is 15.2 Å². The molecule has 0 aliphatic heterocycles. The molecule has 0 amide bonds. The van der Waals surface area contributed by atoms with Crippen LogP contribution in [-0.2, 0) is 4.74 Å². The van der Waals surface area contributed by atoms with Crippen molar-refractivity contribution in [1.29, 1.82) is 0 Å². The van der Waals surface area contributed by atoms with Gasteiger partial charge in [-0.25, -0.2) is 4.79 Å². The van der Waals surface area contributed by atoms with E-state index >= 15 is 0 Å². The van der Waals surface area contributed by atoms with Crippen LogP contribution in [0.1, 0.15) is 30.6 Å². The minimum atomic E-state index is -0.483. The van der Waals surface area contributed by atoms with Crippen LogP contribution in [0.25, 0.3) is 0 Å². The quantitative estimate of drug-likeness (QED) is 0.476. The number of hydrogen-bond donors (Lipinski definition) is 1. The van der Waals surface area contributed by atoms with Gasteiger partial charge in [0.05, 0.1) is 19.3 Å². The fourth-order valence-electron chi connectivity index (χ4n) is 1.88. The molecule has 6 nitrogen and oxygen atoms in total. The Labute approximate surface area is 131 Å². The first-order chi connectivity index (χ1) is 10.4. The summed E-state index contributed by atoms with van der Waals surface area (Å²) < 4.78 is 10.3. The normalized spacial score (nSPS) is 11.6. The summed E-state index contributed by atoms with van der Waals surface area (Å²) in [5, 5.41) is 0. The van der Waals surface area contributed by atoms with Crippen molar-refractivity contribution >= 4 is 23.1 Å². The maximum absolute atomic E-state index is 11.8. The third-order valence-electron chi connectivity index (χ3n) is 3.07. The Balaban J connectivity index is 3.18. The molecule has 0 bridgehead atoms. The average molecular weight is 307 g/mol. The van der Waals surface area contributed by atoms with E-state index in [-0.39, 0.29) is 0 Å². The number of esters is 1. The smallest absolute Gasteiger partial charge is 0.340 e. The Morgan fingerprint density at radius 1 is 1.36 bits per heavy atom. The van der Waals surface area contributed by atoms with E-state index in [9.17, 15) is 4.79 Å². The SMILES string of the molecule is CCOc1cc(N)c(C(=O)OC)cc1/N=C(\C)CCN(C)C. The Kier molecular flexibility index (Phi) is 6.85. The summed E-state index contributed by atoms with van der Waals surface area (Å²) in [6.45, 7) is 5.23. The van der Waals surface area contributed by atoms with Crippen LogP contribution in [0.5, 0.6) is 5.75 Å². The van der Waals surface area contributed by atoms with Gasteiger partial charge >= 0.3 is 5.97 Å². The highest BCUT2D eigenvalue weighted by atomic mass is 16.5. The Hall–Kier alpha value is -2.08. The molecular weight excluding hydrogens is 282 g/mol. The second-order valence-corrected chi connectivity index (χ2v) is 5.23. The van der Waals surface area contributed by atoms with Crippen LogP contribution in [0.4, 0.5) is 11.4 Å². The van der Waals surface area contributed by atoms with E-state index < -0.39 is 5.97 Å². The molecule has 22 heavy (non-hydrogen) atoms. The lowest BCUT2D eigenvalue weighted by molar-refractivity contribution is 0.0602. The van der Waals surface area contributed by atoms with E-state index in [0.717, 1.165) is 18.7 Å². The summed E-state index contributed by atoms with van der Waals surface area (Å²) in [4.78, 5) is 18.4. The lowest BCUT2D eigenvalue weighted by Gasteiger charge is -2.13. The molecule has 0 unspecified atom stereocenters. The first-order valence-electron chi connectivity index (χ1n) is 7.22. The van der Waals surface area contributed by atoms with E-state index in [0.29, 0.717) is 29.3 Å². The third kappa shape index (κ3) is 5.04. The average Bonchev–Trinajstić information content (AvgIpc) is 2.47. The molecule has 0 aliphatic carbocycles. The van der Waals surface area contributed by atoms with Gasteiger partial charge in [-0.1, -0.05) is 0 Å². The molecule has 0 heterocycles. The van der Waals surface area contributed by atoms with Gasteiger partial charge in [-0.3, -0.25) is 4.99 Å². The number of benzene rings is 1. The largest absolute Gasteiger partial charge is 0.492 e. The maximum atomic E-state index is 11.8. The molecule has 1 aromatic rings. The monoisotopic (exact) mass is 307 g/mol. The molecule has 0 saturated carbocycles. The van der Waals surface area contributed by atoms with E-state index in [2.05, 4.69) is 9.89 Å². The third-order valence-corrected chi connectivity index (χ3v) is 3.07. The summed E-state index contributed by atoms with van der Waals surface area (Å²) in [5.74, 6) is 0.0831. The van der Waals surface area contributed by atoms with Crippen LogP contribution in [0, 0.1) is 0 Å². The van der Waals surface area contributed by atoms with Crippen molar-refractivity contribution in [2.45, 2.75) is 20.3 Å². The summed E-state index contributed by atoms with van der Waals surface area (Å²) >= 11 is 0. The molecule has 0 spiro atoms. The van der Waals surface area contributed by atoms with Gasteiger partial charge in [0.2, 0.25) is 0 Å². The Morgan fingerprint density at radius 2 is 2.05 bits per heavy atom. The fraction of sp³-hybridized carbons (Fsp3) is 0.500. The number of ether oxygens (including phenoxy) is 2. The number of hydrogen-bond acceptors (Lipinski definition) is 6. The van der Waals surface area contributed by atoms with E-state index in [1.165, 1.54) is 7.11 Å². The Bertz CT molecular complexity index is 554. The maximum Gasteiger partial charge on any atom is 0.340 e. The molecule has 122 valence electrons. The second-order valence-electron chi connectivity index (χ2n) is 5.23. The Morgan fingerprint density at radius 3 is 2.59 bits per heavy atom. The number of nitrogen functional groups attached to an aromatic ring is 1. The second kappa shape index (κ2) is 8.38. The number of anilines is 1. The van der Waals surface area contributed by atoms with Gasteiger partial charge in [-0.05, 0) is 40.4 Å². The zero-order valence-electron chi connectivity index (χ0n) is 14.0. The molecule has 0 aliphatic rings. The van der Waals surface area contributed by atoms with Gasteiger partial charge in [0.25, 0.3) is 0 Å². The summed E-state index contributed by atoms with van der Waals surface area (Å²) in [5.41, 5.74) is 8.05. The molecule has 2 N–H and O–H groups in total. The molecule has 0 fully saturated rings. The van der Waals surface area contributed by atoms with Gasteiger partial charge in [-0.15, -0.1) is 0 Å². The number of rotatable bonds is 7. The fourth-order valence-corrected chi connectivity index (χ4v) is 1.88. The topological polar surface area (TPSA) is 77.1 Å². The van der Waals surface area contributed by atoms with Crippen LogP contribution in [-0.4, -0.2) is 50.9 Å². The van der Waals surface area contributed by atoms with Crippen molar-refractivity contribution in [2.24, 2.45) is 4.99 Å². The summed E-state index contributed by atoms with van der Waals surface area (Å²) in [7, 11) is 5.35. The van der Waals surface area contributed by atoms with Crippen molar-refractivity contribution in [3.8, 4) is 5.75 Å². The minimum Gasteiger partial charge on any atom is -0.492 e. The van der Waals surface area contributed by atoms with Crippen molar-refractivity contribution in [3.63, 3.8) is 0 Å². The van der Waals surface area contributed by atoms with Gasteiger partial charge in [0.1, 0.15) is 11.4 Å². The van der Waals surface area contributed by atoms with Gasteiger partial charge < -0.3 is 20.1 Å². The summed E-state index contributed by atoms with van der Waals surface area (Å²) in [6, 6.07) is 3.24. The predicted octanol–water partition coefficient (Wildman–Crippen LogP) is 2.50. The highest BCUT2D eigenvalue weighted by Crippen LogP contribution is 2.33. The first kappa shape index (κ1) is 18.0. The molecule has 6 heteroatoms. The van der Waals surface area contributed by atoms with Gasteiger partial charge in [0, 0.05) is 24.0 Å². The van der Waals surface area contributed by atoms with Crippen LogP contribution in [0.15, 0.2) is 17.1 Å². The molecule has 1 rings (SSSR count). The zero-order valence-corrected chi connectivity index (χ0v) is 14.0. The lowest BCUT2D eigenvalue weighted by atomic mass is 10.1. The van der Waals surface area contributed by atoms with Crippen LogP contribution in [0.2, 0.25) is 0 Å². The predicted molar refractivity (Wildman–Crippen MR) is 89.3 cm³/mol. The first-order valence-corrected chi connectivity index (χ1v) is 7.22. The van der Waals surface area contributed by atoms with Crippen molar-refractivity contribution in [2.75, 3.05) is 40.1 Å². The summed E-state index contributed by atoms with van der Waals surface area (Å²) in [6.07, 6.45) is 0.830. The highest BCUT2D eigenvalue weighted by Gasteiger charge is 2.15. The highest BCUT2D eigenvalue weighted by molar-refractivity contribution is 5.97. The lowest BCUT2D eigenvalue weighted by Crippen LogP contribution is -2.15. The zero-order chi connectivity index (χ0) is 16.7. The number of carbonyl (C=O) groups is 1. The molecule has 0 radical (unpaired) electrons. The van der Waals surface area contributed by atoms with Gasteiger partial charge in [0.15, 0.2) is 0 Å². The molecule has 1 aromatic carbocycles. The van der Waals surface area contributed by atoms with Crippen molar-refractivity contribution < 1.29 is 14.3 Å². The molecule has 0 saturated heterocycles. The number of nitrogens with two attached hydrogens (primary N) is 1. The van der Waals surface area contributed by atoms with Crippen LogP contribution in [0.3, 0.4) is 0 Å². The van der Waals surface area contributed by atoms with Crippen molar-refractivity contribution in [1.82, 2.24) is 4.90 Å². The number of aliphatic imine (C=N–C) groups is 1. The van der Waals surface area contributed by atoms with Crippen LogP contribution >= 0.6 is 0 Å².